The maximum absolute atomic E-state index is 12.4. The van der Waals surface area contributed by atoms with Gasteiger partial charge in [-0.25, -0.2) is 4.79 Å². The normalized spacial score (nSPS) is 12.3. The summed E-state index contributed by atoms with van der Waals surface area (Å²) in [4.78, 5) is 24.7. The molecule has 0 spiro atoms. The smallest absolute Gasteiger partial charge is 0.339 e. The van der Waals surface area contributed by atoms with Crippen LogP contribution in [0, 0.1) is 6.92 Å². The second kappa shape index (κ2) is 7.16. The van der Waals surface area contributed by atoms with Crippen molar-refractivity contribution in [1.82, 2.24) is 0 Å². The molecule has 0 fully saturated rings. The molecule has 1 atom stereocenters. The van der Waals surface area contributed by atoms with Gasteiger partial charge in [-0.2, -0.15) is 0 Å². The number of aryl methyl sites for hydroxylation is 1. The van der Waals surface area contributed by atoms with Gasteiger partial charge in [0.05, 0.1) is 0 Å². The molecule has 4 nitrogen and oxygen atoms in total. The van der Waals surface area contributed by atoms with Crippen molar-refractivity contribution in [3.8, 4) is 5.75 Å². The molecule has 26 heavy (non-hydrogen) atoms. The number of ether oxygens (including phenoxy) is 1. The van der Waals surface area contributed by atoms with E-state index in [0.29, 0.717) is 22.5 Å². The molecule has 0 aliphatic rings. The van der Waals surface area contributed by atoms with E-state index in [-0.39, 0.29) is 17.3 Å². The minimum atomic E-state index is -0.641. The van der Waals surface area contributed by atoms with Crippen molar-refractivity contribution >= 4 is 16.8 Å². The van der Waals surface area contributed by atoms with Gasteiger partial charge in [0.25, 0.3) is 0 Å². The van der Waals surface area contributed by atoms with Gasteiger partial charge >= 0.3 is 5.63 Å². The first-order valence-corrected chi connectivity index (χ1v) is 8.71. The summed E-state index contributed by atoms with van der Waals surface area (Å²) in [5.41, 5.74) is 2.36. The summed E-state index contributed by atoms with van der Waals surface area (Å²) in [6.45, 7) is 7.58. The average molecular weight is 350 g/mol. The Bertz CT molecular complexity index is 1000. The lowest BCUT2D eigenvalue weighted by atomic mass is 9.97. The maximum atomic E-state index is 12.4. The zero-order chi connectivity index (χ0) is 18.8. The number of Topliss-reactive ketones (excluding diaryl/α,β-unsaturated/α-hetero) is 1. The third-order valence-corrected chi connectivity index (χ3v) is 4.50. The molecule has 0 aliphatic carbocycles. The van der Waals surface area contributed by atoms with E-state index in [1.165, 1.54) is 0 Å². The molecular weight excluding hydrogens is 328 g/mol. The quantitative estimate of drug-likeness (QED) is 0.486. The van der Waals surface area contributed by atoms with E-state index < -0.39 is 6.10 Å². The lowest BCUT2D eigenvalue weighted by Crippen LogP contribution is -2.23. The summed E-state index contributed by atoms with van der Waals surface area (Å²) in [5, 5.41) is 0.877. The third kappa shape index (κ3) is 3.40. The number of carbonyl (C=O) groups is 1. The Morgan fingerprint density at radius 2 is 1.73 bits per heavy atom. The van der Waals surface area contributed by atoms with Crippen LogP contribution in [0.25, 0.3) is 11.0 Å². The summed E-state index contributed by atoms with van der Waals surface area (Å²) in [5.74, 6) is 0.489. The topological polar surface area (TPSA) is 56.5 Å². The van der Waals surface area contributed by atoms with Crippen LogP contribution >= 0.6 is 0 Å². The van der Waals surface area contributed by atoms with Crippen LogP contribution < -0.4 is 10.4 Å². The van der Waals surface area contributed by atoms with Crippen molar-refractivity contribution in [3.05, 3.63) is 75.6 Å². The molecule has 134 valence electrons. The van der Waals surface area contributed by atoms with Gasteiger partial charge in [0.1, 0.15) is 11.3 Å². The van der Waals surface area contributed by atoms with E-state index in [0.717, 1.165) is 10.9 Å². The fourth-order valence-electron chi connectivity index (χ4n) is 3.19. The molecule has 0 N–H and O–H groups in total. The van der Waals surface area contributed by atoms with E-state index in [2.05, 4.69) is 0 Å². The molecule has 3 aromatic rings. The molecule has 0 bridgehead atoms. The number of benzene rings is 2. The Labute approximate surface area is 152 Å². The molecule has 1 aromatic heterocycles. The Morgan fingerprint density at radius 3 is 2.38 bits per heavy atom. The molecule has 3 rings (SSSR count). The van der Waals surface area contributed by atoms with Crippen molar-refractivity contribution in [3.63, 3.8) is 0 Å². The van der Waals surface area contributed by atoms with Gasteiger partial charge in [-0.15, -0.1) is 0 Å². The first-order valence-electron chi connectivity index (χ1n) is 8.71. The number of ketones is 1. The SMILES string of the molecule is Cc1c(C(C)C)c(=O)oc2cc(O[C@H](C)C(=O)c3ccccc3)ccc12. The highest BCUT2D eigenvalue weighted by atomic mass is 16.5. The van der Waals surface area contributed by atoms with Crippen molar-refractivity contribution in [2.24, 2.45) is 0 Å². The van der Waals surface area contributed by atoms with Crippen LogP contribution in [-0.4, -0.2) is 11.9 Å². The van der Waals surface area contributed by atoms with E-state index in [1.807, 2.05) is 45.0 Å². The summed E-state index contributed by atoms with van der Waals surface area (Å²) < 4.78 is 11.3. The van der Waals surface area contributed by atoms with Gasteiger partial charge in [-0.1, -0.05) is 44.2 Å². The lowest BCUT2D eigenvalue weighted by Gasteiger charge is -2.15. The fraction of sp³-hybridized carbons (Fsp3) is 0.273. The van der Waals surface area contributed by atoms with E-state index >= 15 is 0 Å². The summed E-state index contributed by atoms with van der Waals surface area (Å²) in [6, 6.07) is 14.4. The highest BCUT2D eigenvalue weighted by molar-refractivity contribution is 5.99. The largest absolute Gasteiger partial charge is 0.482 e. The predicted molar refractivity (Wildman–Crippen MR) is 102 cm³/mol. The van der Waals surface area contributed by atoms with Crippen LogP contribution in [0.3, 0.4) is 0 Å². The molecule has 0 saturated carbocycles. The van der Waals surface area contributed by atoms with E-state index in [9.17, 15) is 9.59 Å². The van der Waals surface area contributed by atoms with Gasteiger partial charge in [-0.3, -0.25) is 4.79 Å². The third-order valence-electron chi connectivity index (χ3n) is 4.50. The van der Waals surface area contributed by atoms with Gasteiger partial charge in [0, 0.05) is 22.6 Å². The average Bonchev–Trinajstić information content (AvgIpc) is 2.61. The molecule has 4 heteroatoms. The van der Waals surface area contributed by atoms with Crippen LogP contribution in [0.1, 0.15) is 48.2 Å². The van der Waals surface area contributed by atoms with Gasteiger partial charge in [-0.05, 0) is 37.5 Å². The van der Waals surface area contributed by atoms with Gasteiger partial charge in [0.2, 0.25) is 5.78 Å². The summed E-state index contributed by atoms with van der Waals surface area (Å²) in [7, 11) is 0. The van der Waals surface area contributed by atoms with Crippen LogP contribution in [0.5, 0.6) is 5.75 Å². The van der Waals surface area contributed by atoms with Crippen LogP contribution in [0.2, 0.25) is 0 Å². The number of carbonyl (C=O) groups excluding carboxylic acids is 1. The molecule has 0 amide bonds. The Kier molecular flexibility index (Phi) is 4.94. The first kappa shape index (κ1) is 17.9. The van der Waals surface area contributed by atoms with Crippen LogP contribution in [0.4, 0.5) is 0 Å². The van der Waals surface area contributed by atoms with Crippen molar-refractivity contribution < 1.29 is 13.9 Å². The summed E-state index contributed by atoms with van der Waals surface area (Å²) >= 11 is 0. The number of fused-ring (bicyclic) bond motifs is 1. The van der Waals surface area contributed by atoms with E-state index in [1.54, 1.807) is 31.2 Å². The minimum Gasteiger partial charge on any atom is -0.482 e. The molecule has 0 aliphatic heterocycles. The predicted octanol–water partition coefficient (Wildman–Crippen LogP) is 4.88. The Hall–Kier alpha value is -2.88. The second-order valence-electron chi connectivity index (χ2n) is 6.73. The van der Waals surface area contributed by atoms with Crippen LogP contribution in [0.15, 0.2) is 57.7 Å². The van der Waals surface area contributed by atoms with Gasteiger partial charge < -0.3 is 9.15 Å². The maximum Gasteiger partial charge on any atom is 0.339 e. The standard InChI is InChI=1S/C22H22O4/c1-13(2)20-14(3)18-11-10-17(12-19(18)26-22(20)24)25-15(4)21(23)16-8-6-5-7-9-16/h5-13,15H,1-4H3/t15-/m1/s1. The highest BCUT2D eigenvalue weighted by Gasteiger charge is 2.18. The monoisotopic (exact) mass is 350 g/mol. The van der Waals surface area contributed by atoms with Crippen molar-refractivity contribution in [2.45, 2.75) is 39.7 Å². The van der Waals surface area contributed by atoms with Crippen molar-refractivity contribution in [2.75, 3.05) is 0 Å². The summed E-state index contributed by atoms with van der Waals surface area (Å²) in [6.07, 6.45) is -0.641. The Morgan fingerprint density at radius 1 is 1.04 bits per heavy atom. The molecule has 2 aromatic carbocycles. The molecular formula is C22H22O4. The number of rotatable bonds is 5. The second-order valence-corrected chi connectivity index (χ2v) is 6.73. The number of hydrogen-bond acceptors (Lipinski definition) is 4. The first-order chi connectivity index (χ1) is 12.4. The Balaban J connectivity index is 1.91. The van der Waals surface area contributed by atoms with E-state index in [4.69, 9.17) is 9.15 Å². The molecule has 0 radical (unpaired) electrons. The highest BCUT2D eigenvalue weighted by Crippen LogP contribution is 2.27. The lowest BCUT2D eigenvalue weighted by molar-refractivity contribution is 0.0818. The molecule has 0 unspecified atom stereocenters. The minimum absolute atomic E-state index is 0.0927. The van der Waals surface area contributed by atoms with Crippen molar-refractivity contribution in [1.29, 1.82) is 0 Å². The zero-order valence-electron chi connectivity index (χ0n) is 15.4. The fourth-order valence-corrected chi connectivity index (χ4v) is 3.19. The van der Waals surface area contributed by atoms with Crippen LogP contribution in [-0.2, 0) is 0 Å². The molecule has 0 saturated heterocycles. The zero-order valence-corrected chi connectivity index (χ0v) is 15.4. The molecule has 1 heterocycles. The van der Waals surface area contributed by atoms with Gasteiger partial charge in [0.15, 0.2) is 6.10 Å². The number of hydrogen-bond donors (Lipinski definition) is 0.